The van der Waals surface area contributed by atoms with Gasteiger partial charge in [-0.2, -0.15) is 0 Å². The van der Waals surface area contributed by atoms with Gasteiger partial charge in [0.2, 0.25) is 0 Å². The van der Waals surface area contributed by atoms with Crippen LogP contribution in [0.1, 0.15) is 25.5 Å². The number of hydrogen-bond acceptors (Lipinski definition) is 4. The van der Waals surface area contributed by atoms with E-state index in [1.165, 1.54) is 12.8 Å². The molecule has 5 nitrogen and oxygen atoms in total. The minimum absolute atomic E-state index is 0.191. The maximum Gasteiger partial charge on any atom is 0.151 e. The molecule has 0 bridgehead atoms. The molecule has 6 heteroatoms. The Balaban J connectivity index is 1.89. The molecule has 0 aliphatic heterocycles. The second kappa shape index (κ2) is 5.18. The largest absolute Gasteiger partial charge is 0.332 e. The molecule has 1 aliphatic rings. The number of aromatic nitrogens is 2. The quantitative estimate of drug-likeness (QED) is 0.775. The summed E-state index contributed by atoms with van der Waals surface area (Å²) in [7, 11) is -2.90. The Labute approximate surface area is 102 Å². The standard InChI is InChI=1S/C11H19N3O2S/c1-2-17(15,16)6-5-14-9-12-7-11(14)8-13-10-3-4-10/h7,9-10,13H,2-6,8H2,1H3. The molecule has 2 rings (SSSR count). The Morgan fingerprint density at radius 2 is 2.29 bits per heavy atom. The number of imidazole rings is 1. The fraction of sp³-hybridized carbons (Fsp3) is 0.727. The van der Waals surface area contributed by atoms with Crippen molar-refractivity contribution in [3.05, 3.63) is 18.2 Å². The molecular formula is C11H19N3O2S. The first-order valence-corrected chi connectivity index (χ1v) is 7.85. The first-order valence-electron chi connectivity index (χ1n) is 6.03. The van der Waals surface area contributed by atoms with Crippen LogP contribution in [0.3, 0.4) is 0 Å². The van der Waals surface area contributed by atoms with Gasteiger partial charge in [0.25, 0.3) is 0 Å². The van der Waals surface area contributed by atoms with Crippen molar-refractivity contribution in [2.45, 2.75) is 38.9 Å². The fourth-order valence-electron chi connectivity index (χ4n) is 1.61. The monoisotopic (exact) mass is 257 g/mol. The molecule has 1 fully saturated rings. The third-order valence-electron chi connectivity index (χ3n) is 3.03. The van der Waals surface area contributed by atoms with Crippen LogP contribution < -0.4 is 5.32 Å². The van der Waals surface area contributed by atoms with E-state index in [0.717, 1.165) is 12.2 Å². The molecule has 17 heavy (non-hydrogen) atoms. The van der Waals surface area contributed by atoms with E-state index in [1.807, 2.05) is 4.57 Å². The highest BCUT2D eigenvalue weighted by Gasteiger charge is 2.20. The minimum Gasteiger partial charge on any atom is -0.332 e. The molecule has 1 aromatic rings. The number of aryl methyl sites for hydroxylation is 1. The first kappa shape index (κ1) is 12.6. The van der Waals surface area contributed by atoms with Crippen LogP contribution in [-0.2, 0) is 22.9 Å². The van der Waals surface area contributed by atoms with E-state index in [0.29, 0.717) is 12.6 Å². The Kier molecular flexibility index (Phi) is 3.83. The summed E-state index contributed by atoms with van der Waals surface area (Å²) in [6.07, 6.45) is 6.00. The van der Waals surface area contributed by atoms with Crippen molar-refractivity contribution in [3.63, 3.8) is 0 Å². The second-order valence-corrected chi connectivity index (χ2v) is 6.94. The van der Waals surface area contributed by atoms with Crippen LogP contribution in [0.25, 0.3) is 0 Å². The van der Waals surface area contributed by atoms with Crippen molar-refractivity contribution in [2.75, 3.05) is 11.5 Å². The Bertz CT molecular complexity index is 463. The van der Waals surface area contributed by atoms with E-state index in [2.05, 4.69) is 10.3 Å². The summed E-state index contributed by atoms with van der Waals surface area (Å²) in [4.78, 5) is 4.08. The van der Waals surface area contributed by atoms with E-state index in [1.54, 1.807) is 19.4 Å². The predicted molar refractivity (Wildman–Crippen MR) is 66.4 cm³/mol. The molecule has 0 aromatic carbocycles. The molecule has 0 saturated heterocycles. The average Bonchev–Trinajstić information content (AvgIpc) is 3.03. The third kappa shape index (κ3) is 3.81. The zero-order valence-electron chi connectivity index (χ0n) is 10.1. The van der Waals surface area contributed by atoms with Gasteiger partial charge in [0, 0.05) is 31.1 Å². The number of sulfone groups is 1. The highest BCUT2D eigenvalue weighted by molar-refractivity contribution is 7.91. The van der Waals surface area contributed by atoms with Gasteiger partial charge >= 0.3 is 0 Å². The van der Waals surface area contributed by atoms with Crippen molar-refractivity contribution in [1.82, 2.24) is 14.9 Å². The highest BCUT2D eigenvalue weighted by Crippen LogP contribution is 2.19. The summed E-state index contributed by atoms with van der Waals surface area (Å²) in [5, 5.41) is 3.40. The van der Waals surface area contributed by atoms with Gasteiger partial charge in [-0.1, -0.05) is 6.92 Å². The summed E-state index contributed by atoms with van der Waals surface area (Å²) in [5.74, 6) is 0.396. The summed E-state index contributed by atoms with van der Waals surface area (Å²) < 4.78 is 24.8. The van der Waals surface area contributed by atoms with Crippen LogP contribution in [0.15, 0.2) is 12.5 Å². The molecule has 1 N–H and O–H groups in total. The lowest BCUT2D eigenvalue weighted by atomic mass is 10.4. The second-order valence-electron chi connectivity index (χ2n) is 4.47. The van der Waals surface area contributed by atoms with Crippen LogP contribution in [-0.4, -0.2) is 35.5 Å². The number of nitrogens with zero attached hydrogens (tertiary/aromatic N) is 2. The zero-order valence-corrected chi connectivity index (χ0v) is 10.9. The van der Waals surface area contributed by atoms with Gasteiger partial charge < -0.3 is 9.88 Å². The van der Waals surface area contributed by atoms with E-state index in [9.17, 15) is 8.42 Å². The molecule has 1 aliphatic carbocycles. The Morgan fingerprint density at radius 1 is 1.53 bits per heavy atom. The molecule has 0 unspecified atom stereocenters. The third-order valence-corrected chi connectivity index (χ3v) is 4.71. The molecule has 1 aromatic heterocycles. The summed E-state index contributed by atoms with van der Waals surface area (Å²) in [6.45, 7) is 2.95. The van der Waals surface area contributed by atoms with Crippen LogP contribution in [0, 0.1) is 0 Å². The molecule has 0 spiro atoms. The van der Waals surface area contributed by atoms with Gasteiger partial charge in [-0.3, -0.25) is 0 Å². The van der Waals surface area contributed by atoms with Gasteiger partial charge in [0.05, 0.1) is 17.8 Å². The van der Waals surface area contributed by atoms with E-state index in [-0.39, 0.29) is 11.5 Å². The van der Waals surface area contributed by atoms with Crippen molar-refractivity contribution < 1.29 is 8.42 Å². The van der Waals surface area contributed by atoms with Gasteiger partial charge in [-0.15, -0.1) is 0 Å². The Hall–Kier alpha value is -0.880. The molecule has 0 amide bonds. The number of nitrogens with one attached hydrogen (secondary N) is 1. The average molecular weight is 257 g/mol. The van der Waals surface area contributed by atoms with Crippen molar-refractivity contribution >= 4 is 9.84 Å². The highest BCUT2D eigenvalue weighted by atomic mass is 32.2. The maximum absolute atomic E-state index is 11.4. The van der Waals surface area contributed by atoms with Crippen LogP contribution in [0.2, 0.25) is 0 Å². The minimum atomic E-state index is -2.90. The first-order chi connectivity index (χ1) is 8.11. The van der Waals surface area contributed by atoms with Gasteiger partial charge in [-0.05, 0) is 12.8 Å². The maximum atomic E-state index is 11.4. The molecular weight excluding hydrogens is 238 g/mol. The van der Waals surface area contributed by atoms with Crippen molar-refractivity contribution in [2.24, 2.45) is 0 Å². The molecule has 0 radical (unpaired) electrons. The topological polar surface area (TPSA) is 64.0 Å². The summed E-state index contributed by atoms with van der Waals surface area (Å²) in [6, 6.07) is 0.651. The van der Waals surface area contributed by atoms with Gasteiger partial charge in [-0.25, -0.2) is 13.4 Å². The number of rotatable bonds is 7. The van der Waals surface area contributed by atoms with E-state index < -0.39 is 9.84 Å². The number of hydrogen-bond donors (Lipinski definition) is 1. The normalized spacial score (nSPS) is 16.3. The predicted octanol–water partition coefficient (Wildman–Crippen LogP) is 0.570. The smallest absolute Gasteiger partial charge is 0.151 e. The van der Waals surface area contributed by atoms with Crippen LogP contribution in [0.5, 0.6) is 0 Å². The molecule has 0 atom stereocenters. The zero-order chi connectivity index (χ0) is 12.3. The van der Waals surface area contributed by atoms with Gasteiger partial charge in [0.15, 0.2) is 9.84 Å². The van der Waals surface area contributed by atoms with Crippen LogP contribution >= 0.6 is 0 Å². The lowest BCUT2D eigenvalue weighted by Gasteiger charge is -2.08. The lowest BCUT2D eigenvalue weighted by Crippen LogP contribution is -2.20. The van der Waals surface area contributed by atoms with Crippen molar-refractivity contribution in [1.29, 1.82) is 0 Å². The van der Waals surface area contributed by atoms with E-state index >= 15 is 0 Å². The SMILES string of the molecule is CCS(=O)(=O)CCn1cncc1CNC1CC1. The molecule has 1 saturated carbocycles. The summed E-state index contributed by atoms with van der Waals surface area (Å²) >= 11 is 0. The van der Waals surface area contributed by atoms with Crippen LogP contribution in [0.4, 0.5) is 0 Å². The molecule has 1 heterocycles. The van der Waals surface area contributed by atoms with Gasteiger partial charge in [0.1, 0.15) is 0 Å². The van der Waals surface area contributed by atoms with E-state index in [4.69, 9.17) is 0 Å². The lowest BCUT2D eigenvalue weighted by molar-refractivity contribution is 0.583. The molecule has 96 valence electrons. The summed E-state index contributed by atoms with van der Waals surface area (Å²) in [5.41, 5.74) is 1.06. The van der Waals surface area contributed by atoms with Crippen molar-refractivity contribution in [3.8, 4) is 0 Å². The fourth-order valence-corrected chi connectivity index (χ4v) is 2.38. The Morgan fingerprint density at radius 3 is 2.94 bits per heavy atom.